The molecule has 0 amide bonds. The van der Waals surface area contributed by atoms with Crippen molar-refractivity contribution in [2.45, 2.75) is 5.92 Å². The zero-order chi connectivity index (χ0) is 17.6. The monoisotopic (exact) mass is 392 g/mol. The van der Waals surface area contributed by atoms with Crippen molar-refractivity contribution in [3.05, 3.63) is 87.9 Å². The molecule has 0 saturated heterocycles. The van der Waals surface area contributed by atoms with Gasteiger partial charge in [-0.25, -0.2) is 0 Å². The minimum absolute atomic E-state index is 0.246. The molecule has 0 spiro atoms. The molecule has 0 aliphatic carbocycles. The predicted octanol–water partition coefficient (Wildman–Crippen LogP) is 5.78. The van der Waals surface area contributed by atoms with Crippen molar-refractivity contribution in [2.75, 3.05) is 30.9 Å². The second-order valence-electron chi connectivity index (χ2n) is 6.71. The fraction of sp³-hybridized carbons (Fsp3) is 0.182. The number of anilines is 3. The summed E-state index contributed by atoms with van der Waals surface area (Å²) in [6.07, 6.45) is 0. The van der Waals surface area contributed by atoms with Gasteiger partial charge in [0.25, 0.3) is 0 Å². The molecule has 3 aromatic carbocycles. The number of halogens is 1. The summed E-state index contributed by atoms with van der Waals surface area (Å²) in [7, 11) is 6.29. The molecule has 0 atom stereocenters. The Morgan fingerprint density at radius 3 is 1.92 bits per heavy atom. The van der Waals surface area contributed by atoms with Crippen molar-refractivity contribution in [1.82, 2.24) is 0 Å². The number of hydrogen-bond donors (Lipinski definition) is 0. The number of hydrogen-bond acceptors (Lipinski definition) is 2. The van der Waals surface area contributed by atoms with Crippen LogP contribution >= 0.6 is 15.9 Å². The van der Waals surface area contributed by atoms with E-state index in [9.17, 15) is 0 Å². The van der Waals surface area contributed by atoms with E-state index in [0.717, 1.165) is 4.47 Å². The minimum atomic E-state index is 0.246. The van der Waals surface area contributed by atoms with Gasteiger partial charge in [-0.2, -0.15) is 0 Å². The lowest BCUT2D eigenvalue weighted by Crippen LogP contribution is -2.22. The zero-order valence-corrected chi connectivity index (χ0v) is 16.3. The number of para-hydroxylation sites is 2. The van der Waals surface area contributed by atoms with Gasteiger partial charge in [0.2, 0.25) is 0 Å². The molecule has 0 aromatic heterocycles. The Bertz CT molecular complexity index is 885. The first-order chi connectivity index (χ1) is 12.1. The van der Waals surface area contributed by atoms with Crippen LogP contribution in [0.25, 0.3) is 0 Å². The van der Waals surface area contributed by atoms with Crippen molar-refractivity contribution in [1.29, 1.82) is 0 Å². The van der Waals surface area contributed by atoms with E-state index in [4.69, 9.17) is 0 Å². The molecule has 0 N–H and O–H groups in total. The highest BCUT2D eigenvalue weighted by Gasteiger charge is 2.29. The molecule has 2 nitrogen and oxygen atoms in total. The third-order valence-corrected chi connectivity index (χ3v) is 5.64. The highest BCUT2D eigenvalue weighted by atomic mass is 79.9. The normalized spacial score (nSPS) is 13.4. The van der Waals surface area contributed by atoms with Crippen LogP contribution in [0, 0.1) is 0 Å². The van der Waals surface area contributed by atoms with Gasteiger partial charge in [-0.05, 0) is 56.9 Å². The van der Waals surface area contributed by atoms with Crippen molar-refractivity contribution in [2.24, 2.45) is 0 Å². The highest BCUT2D eigenvalue weighted by molar-refractivity contribution is 9.10. The molecule has 3 aromatic rings. The van der Waals surface area contributed by atoms with E-state index in [0.29, 0.717) is 0 Å². The van der Waals surface area contributed by atoms with Crippen molar-refractivity contribution in [3.63, 3.8) is 0 Å². The number of fused-ring (bicyclic) bond motifs is 2. The zero-order valence-electron chi connectivity index (χ0n) is 14.7. The second-order valence-corrected chi connectivity index (χ2v) is 7.57. The molecule has 0 saturated carbocycles. The molecular weight excluding hydrogens is 372 g/mol. The van der Waals surface area contributed by atoms with Crippen molar-refractivity contribution in [3.8, 4) is 0 Å². The second kappa shape index (κ2) is 6.23. The summed E-state index contributed by atoms with van der Waals surface area (Å²) in [6, 6.07) is 24.1. The van der Waals surface area contributed by atoms with Crippen LogP contribution in [0.15, 0.2) is 71.2 Å². The Labute approximate surface area is 157 Å². The third kappa shape index (κ3) is 2.63. The van der Waals surface area contributed by atoms with Gasteiger partial charge >= 0.3 is 0 Å². The maximum atomic E-state index is 3.75. The summed E-state index contributed by atoms with van der Waals surface area (Å²) in [4.78, 5) is 4.43. The first-order valence-corrected chi connectivity index (χ1v) is 9.25. The smallest absolute Gasteiger partial charge is 0.0505 e. The maximum Gasteiger partial charge on any atom is 0.0505 e. The quantitative estimate of drug-likeness (QED) is 0.545. The summed E-state index contributed by atoms with van der Waals surface area (Å²) in [5, 5.41) is 0. The van der Waals surface area contributed by atoms with Gasteiger partial charge in [0.05, 0.1) is 5.69 Å². The topological polar surface area (TPSA) is 6.48 Å². The van der Waals surface area contributed by atoms with Gasteiger partial charge in [-0.15, -0.1) is 0 Å². The molecule has 25 heavy (non-hydrogen) atoms. The van der Waals surface area contributed by atoms with Crippen LogP contribution in [0.2, 0.25) is 0 Å². The van der Waals surface area contributed by atoms with Crippen LogP contribution in [0.3, 0.4) is 0 Å². The average Bonchev–Trinajstić information content (AvgIpc) is 2.62. The molecule has 126 valence electrons. The first kappa shape index (κ1) is 16.2. The summed E-state index contributed by atoms with van der Waals surface area (Å²) in [5.74, 6) is 0.246. The highest BCUT2D eigenvalue weighted by Crippen LogP contribution is 2.48. The van der Waals surface area contributed by atoms with E-state index < -0.39 is 0 Å². The Balaban J connectivity index is 1.93. The van der Waals surface area contributed by atoms with Crippen molar-refractivity contribution < 1.29 is 0 Å². The number of nitrogens with zero attached hydrogens (tertiary/aromatic N) is 2. The van der Waals surface area contributed by atoms with Crippen molar-refractivity contribution >= 4 is 33.0 Å². The van der Waals surface area contributed by atoms with Crippen LogP contribution in [-0.4, -0.2) is 21.1 Å². The molecule has 1 aliphatic heterocycles. The van der Waals surface area contributed by atoms with E-state index in [1.165, 1.54) is 33.8 Å². The molecule has 0 fully saturated rings. The fourth-order valence-corrected chi connectivity index (χ4v) is 4.55. The molecule has 0 unspecified atom stereocenters. The fourth-order valence-electron chi connectivity index (χ4n) is 3.80. The lowest BCUT2D eigenvalue weighted by molar-refractivity contribution is 0.924. The lowest BCUT2D eigenvalue weighted by atomic mass is 9.80. The largest absolute Gasteiger partial charge is 0.377 e. The molecule has 0 bridgehead atoms. The SMILES string of the molecule is CN(C)c1ccc(C2c3ccccc3N(C)c3ccccc32)cc1Br. The molecule has 1 aliphatic rings. The summed E-state index contributed by atoms with van der Waals surface area (Å²) < 4.78 is 1.13. The van der Waals surface area contributed by atoms with Gasteiger partial charge in [-0.3, -0.25) is 0 Å². The molecule has 3 heteroatoms. The molecule has 4 rings (SSSR count). The lowest BCUT2D eigenvalue weighted by Gasteiger charge is -2.36. The summed E-state index contributed by atoms with van der Waals surface area (Å²) in [6.45, 7) is 0. The predicted molar refractivity (Wildman–Crippen MR) is 110 cm³/mol. The standard InChI is InChI=1S/C22H21BrN2/c1-24(2)21-13-12-15(14-18(21)23)22-16-8-4-6-10-19(16)25(3)20-11-7-5-9-17(20)22/h4-14,22H,1-3H3. The summed E-state index contributed by atoms with van der Waals surface area (Å²) in [5.41, 5.74) is 7.77. The Kier molecular flexibility index (Phi) is 4.04. The van der Waals surface area contributed by atoms with Gasteiger partial charge in [0.15, 0.2) is 0 Å². The Morgan fingerprint density at radius 2 is 1.40 bits per heavy atom. The van der Waals surface area contributed by atoms with Gasteiger partial charge in [0.1, 0.15) is 0 Å². The van der Waals surface area contributed by atoms with Gasteiger partial charge in [-0.1, -0.05) is 42.5 Å². The maximum absolute atomic E-state index is 3.75. The average molecular weight is 393 g/mol. The molecule has 1 heterocycles. The van der Waals surface area contributed by atoms with Crippen LogP contribution in [-0.2, 0) is 0 Å². The van der Waals surface area contributed by atoms with E-state index in [1.807, 2.05) is 0 Å². The van der Waals surface area contributed by atoms with Crippen LogP contribution in [0.4, 0.5) is 17.1 Å². The molecule has 0 radical (unpaired) electrons. The van der Waals surface area contributed by atoms with E-state index in [2.05, 4.69) is 114 Å². The van der Waals surface area contributed by atoms with Gasteiger partial charge in [0, 0.05) is 42.9 Å². The van der Waals surface area contributed by atoms with Crippen LogP contribution in [0.1, 0.15) is 22.6 Å². The minimum Gasteiger partial charge on any atom is -0.377 e. The van der Waals surface area contributed by atoms with Gasteiger partial charge < -0.3 is 9.80 Å². The Morgan fingerprint density at radius 1 is 0.840 bits per heavy atom. The van der Waals surface area contributed by atoms with E-state index >= 15 is 0 Å². The van der Waals surface area contributed by atoms with Crippen LogP contribution < -0.4 is 9.80 Å². The number of benzene rings is 3. The Hall–Kier alpha value is -2.26. The van der Waals surface area contributed by atoms with E-state index in [1.54, 1.807) is 0 Å². The number of rotatable bonds is 2. The van der Waals surface area contributed by atoms with E-state index in [-0.39, 0.29) is 5.92 Å². The molecular formula is C22H21BrN2. The van der Waals surface area contributed by atoms with Crippen LogP contribution in [0.5, 0.6) is 0 Å². The summed E-state index contributed by atoms with van der Waals surface area (Å²) >= 11 is 3.75. The third-order valence-electron chi connectivity index (χ3n) is 5.01. The first-order valence-electron chi connectivity index (χ1n) is 8.46.